The van der Waals surface area contributed by atoms with Gasteiger partial charge in [-0.1, -0.05) is 365 Å². The molecule has 0 spiro atoms. The second kappa shape index (κ2) is 75.0. The molecule has 0 rings (SSSR count). The van der Waals surface area contributed by atoms with Gasteiger partial charge in [-0.3, -0.25) is 9.59 Å². The van der Waals surface area contributed by atoms with Crippen molar-refractivity contribution in [3.05, 3.63) is 146 Å². The molecule has 86 heavy (non-hydrogen) atoms. The molecule has 0 aromatic rings. The fourth-order valence-electron chi connectivity index (χ4n) is 10.2. The summed E-state index contributed by atoms with van der Waals surface area (Å²) in [7, 11) is 0. The number of ether oxygens (including phenoxy) is 2. The van der Waals surface area contributed by atoms with Gasteiger partial charge in [0.25, 0.3) is 0 Å². The zero-order chi connectivity index (χ0) is 61.9. The molecule has 0 aliphatic carbocycles. The minimum atomic E-state index is -0.806. The summed E-state index contributed by atoms with van der Waals surface area (Å²) in [5.41, 5.74) is 0. The van der Waals surface area contributed by atoms with Gasteiger partial charge in [-0.05, 0) is 103 Å². The third kappa shape index (κ3) is 72.3. The van der Waals surface area contributed by atoms with E-state index in [1.54, 1.807) is 0 Å². The van der Waals surface area contributed by atoms with E-state index in [1.807, 2.05) is 0 Å². The van der Waals surface area contributed by atoms with Crippen LogP contribution in [-0.2, 0) is 19.1 Å². The lowest BCUT2D eigenvalue weighted by molar-refractivity contribution is -0.161. The summed E-state index contributed by atoms with van der Waals surface area (Å²) in [5, 5.41) is 9.70. The van der Waals surface area contributed by atoms with Crippen molar-refractivity contribution in [2.45, 2.75) is 341 Å². The lowest BCUT2D eigenvalue weighted by Crippen LogP contribution is -2.28. The number of rotatable bonds is 66. The molecule has 0 saturated carbocycles. The first-order valence-electron chi connectivity index (χ1n) is 36.4. The molecule has 0 aromatic heterocycles. The number of aliphatic hydroxyl groups is 1. The van der Waals surface area contributed by atoms with Crippen LogP contribution in [0.4, 0.5) is 0 Å². The van der Waals surface area contributed by atoms with Gasteiger partial charge in [-0.2, -0.15) is 0 Å². The van der Waals surface area contributed by atoms with Gasteiger partial charge in [-0.25, -0.2) is 0 Å². The second-order valence-corrected chi connectivity index (χ2v) is 23.9. The first-order valence-corrected chi connectivity index (χ1v) is 36.4. The predicted octanol–water partition coefficient (Wildman–Crippen LogP) is 25.7. The number of carbonyl (C=O) groups is 2. The van der Waals surface area contributed by atoms with Crippen LogP contribution in [0.2, 0.25) is 0 Å². The summed E-state index contributed by atoms with van der Waals surface area (Å²) in [4.78, 5) is 24.6. The standard InChI is InChI=1S/C81H136O5/c1-3-5-7-9-11-13-15-17-19-21-23-25-27-29-31-33-35-37-38-39-40-41-42-44-46-48-50-52-54-56-58-60-62-64-66-68-70-72-74-76-81(84)86-79(77-82)78-85-80(83)75-73-71-69-67-65-63-61-59-57-55-53-51-49-47-45-43-36-34-32-30-28-26-24-22-20-18-16-14-12-10-8-6-4-2/h5,7,11,13,17,19,23,25,29,31,35,37,39-40,42,44,48,50,54,56,60,62,66,68,79,82H,3-4,6,8-10,12,14-16,18,20-22,24,26-28,30,32-34,36,38,41,43,45-47,49,51-53,55,57-59,61,63-65,67,69-78H2,1-2H3/b7-5-,13-11-,19-17-,25-23-,31-29-,37-35-,40-39-,44-42-,50-48-,56-54-,62-60-,68-66-. The molecule has 0 bridgehead atoms. The van der Waals surface area contributed by atoms with Crippen LogP contribution in [0.25, 0.3) is 0 Å². The highest BCUT2D eigenvalue weighted by Gasteiger charge is 2.16. The fraction of sp³-hybridized carbons (Fsp3) is 0.679. The zero-order valence-electron chi connectivity index (χ0n) is 56.3. The quantitative estimate of drug-likeness (QED) is 0.0373. The van der Waals surface area contributed by atoms with E-state index in [9.17, 15) is 14.7 Å². The minimum Gasteiger partial charge on any atom is -0.462 e. The summed E-state index contributed by atoms with van der Waals surface area (Å²) in [6.45, 7) is 4.02. The molecule has 1 unspecified atom stereocenters. The van der Waals surface area contributed by atoms with Gasteiger partial charge in [0.15, 0.2) is 6.10 Å². The van der Waals surface area contributed by atoms with E-state index in [-0.39, 0.29) is 25.2 Å². The van der Waals surface area contributed by atoms with Crippen molar-refractivity contribution in [1.29, 1.82) is 0 Å². The van der Waals surface area contributed by atoms with E-state index in [0.29, 0.717) is 12.8 Å². The van der Waals surface area contributed by atoms with Gasteiger partial charge < -0.3 is 14.6 Å². The number of aliphatic hydroxyl groups excluding tert-OH is 1. The highest BCUT2D eigenvalue weighted by Crippen LogP contribution is 2.18. The maximum Gasteiger partial charge on any atom is 0.306 e. The maximum absolute atomic E-state index is 12.4. The van der Waals surface area contributed by atoms with Crippen LogP contribution >= 0.6 is 0 Å². The summed E-state index contributed by atoms with van der Waals surface area (Å²) >= 11 is 0. The Morgan fingerprint density at radius 2 is 0.500 bits per heavy atom. The summed E-state index contributed by atoms with van der Waals surface area (Å²) < 4.78 is 10.7. The van der Waals surface area contributed by atoms with Gasteiger partial charge in [0.05, 0.1) is 6.61 Å². The summed E-state index contributed by atoms with van der Waals surface area (Å²) in [6.07, 6.45) is 113. The second-order valence-electron chi connectivity index (χ2n) is 23.9. The Kier molecular flexibility index (Phi) is 71.3. The molecule has 5 heteroatoms. The lowest BCUT2D eigenvalue weighted by atomic mass is 10.0. The fourth-order valence-corrected chi connectivity index (χ4v) is 10.2. The van der Waals surface area contributed by atoms with Crippen LogP contribution in [-0.4, -0.2) is 36.4 Å². The predicted molar refractivity (Wildman–Crippen MR) is 380 cm³/mol. The van der Waals surface area contributed by atoms with Crippen LogP contribution in [0.3, 0.4) is 0 Å². The molecule has 5 nitrogen and oxygen atoms in total. The van der Waals surface area contributed by atoms with Crippen LogP contribution in [0.5, 0.6) is 0 Å². The molecule has 0 aromatic carbocycles. The lowest BCUT2D eigenvalue weighted by Gasteiger charge is -2.15. The topological polar surface area (TPSA) is 72.8 Å². The van der Waals surface area contributed by atoms with E-state index >= 15 is 0 Å². The minimum absolute atomic E-state index is 0.0889. The molecule has 1 atom stereocenters. The normalized spacial score (nSPS) is 13.1. The molecule has 0 amide bonds. The molecule has 1 N–H and O–H groups in total. The third-order valence-corrected chi connectivity index (χ3v) is 15.6. The number of hydrogen-bond donors (Lipinski definition) is 1. The Balaban J connectivity index is 3.58. The van der Waals surface area contributed by atoms with Gasteiger partial charge in [0, 0.05) is 12.8 Å². The highest BCUT2D eigenvalue weighted by molar-refractivity contribution is 5.70. The molecule has 0 aliphatic rings. The Morgan fingerprint density at radius 3 is 0.756 bits per heavy atom. The molecule has 490 valence electrons. The smallest absolute Gasteiger partial charge is 0.306 e. The van der Waals surface area contributed by atoms with Crippen LogP contribution in [0.1, 0.15) is 335 Å². The Morgan fingerprint density at radius 1 is 0.279 bits per heavy atom. The molecule has 0 fully saturated rings. The van der Waals surface area contributed by atoms with Gasteiger partial charge >= 0.3 is 11.9 Å². The van der Waals surface area contributed by atoms with Crippen LogP contribution in [0, 0.1) is 0 Å². The van der Waals surface area contributed by atoms with Crippen LogP contribution in [0.15, 0.2) is 146 Å². The Hall–Kier alpha value is -4.22. The maximum atomic E-state index is 12.4. The van der Waals surface area contributed by atoms with Gasteiger partial charge in [-0.15, -0.1) is 0 Å². The largest absolute Gasteiger partial charge is 0.462 e. The summed E-state index contributed by atoms with van der Waals surface area (Å²) in [5.74, 6) is -0.638. The molecular formula is C81H136O5. The number of hydrogen-bond acceptors (Lipinski definition) is 5. The van der Waals surface area contributed by atoms with Crippen molar-refractivity contribution in [3.63, 3.8) is 0 Å². The van der Waals surface area contributed by atoms with E-state index < -0.39 is 6.10 Å². The molecule has 0 radical (unpaired) electrons. The van der Waals surface area contributed by atoms with Gasteiger partial charge in [0.1, 0.15) is 6.61 Å². The highest BCUT2D eigenvalue weighted by atomic mass is 16.6. The van der Waals surface area contributed by atoms with E-state index in [0.717, 1.165) is 116 Å². The monoisotopic (exact) mass is 1190 g/mol. The molecule has 0 aliphatic heterocycles. The number of allylic oxidation sites excluding steroid dienone is 24. The van der Waals surface area contributed by atoms with Gasteiger partial charge in [0.2, 0.25) is 0 Å². The van der Waals surface area contributed by atoms with Crippen molar-refractivity contribution in [2.75, 3.05) is 13.2 Å². The number of esters is 2. The third-order valence-electron chi connectivity index (χ3n) is 15.6. The van der Waals surface area contributed by atoms with Crippen molar-refractivity contribution in [2.24, 2.45) is 0 Å². The van der Waals surface area contributed by atoms with E-state index in [1.165, 1.54) is 193 Å². The summed E-state index contributed by atoms with van der Waals surface area (Å²) in [6, 6.07) is 0. The van der Waals surface area contributed by atoms with E-state index in [4.69, 9.17) is 9.47 Å². The van der Waals surface area contributed by atoms with E-state index in [2.05, 4.69) is 160 Å². The zero-order valence-corrected chi connectivity index (χ0v) is 56.3. The number of carbonyl (C=O) groups excluding carboxylic acids is 2. The van der Waals surface area contributed by atoms with Crippen molar-refractivity contribution < 1.29 is 24.2 Å². The number of unbranched alkanes of at least 4 members (excludes halogenated alkanes) is 34. The average molecular weight is 1190 g/mol. The van der Waals surface area contributed by atoms with Crippen molar-refractivity contribution in [1.82, 2.24) is 0 Å². The first kappa shape index (κ1) is 81.8. The first-order chi connectivity index (χ1) is 42.6. The molecular weight excluding hydrogens is 1050 g/mol. The average Bonchev–Trinajstić information content (AvgIpc) is 3.55. The van der Waals surface area contributed by atoms with Crippen molar-refractivity contribution in [3.8, 4) is 0 Å². The molecule has 0 saturated heterocycles. The Labute approximate surface area is 533 Å². The molecule has 0 heterocycles. The van der Waals surface area contributed by atoms with Crippen LogP contribution < -0.4 is 0 Å². The Bertz CT molecular complexity index is 1780. The SMILES string of the molecule is CC/C=C\C/C=C\C/C=C\C/C=C\C/C=C\C/C=C\C/C=C\C/C=C\C/C=C\C/C=C\C/C=C\C/C=C\CCCCC(=O)OC(CO)COC(=O)CCCCCCCCCCCCCCCCCCCCCCCCCCCCCCCCCCC. The van der Waals surface area contributed by atoms with Crippen molar-refractivity contribution >= 4 is 11.9 Å².